The van der Waals surface area contributed by atoms with E-state index >= 15 is 0 Å². The molecule has 1 aromatic heterocycles. The van der Waals surface area contributed by atoms with E-state index < -0.39 is 11.4 Å². The molecule has 8 nitrogen and oxygen atoms in total. The molecule has 0 saturated carbocycles. The zero-order chi connectivity index (χ0) is 26.0. The SMILES string of the molecule is COc1ccc(-c2oc3c(C)cc(C)cc3c(=O)c2OC(=O)c2c(OC)cccc2OC)cc1OC. The lowest BCUT2D eigenvalue weighted by molar-refractivity contribution is 0.0724. The van der Waals surface area contributed by atoms with Crippen molar-refractivity contribution in [2.24, 2.45) is 0 Å². The Kier molecular flexibility index (Phi) is 6.87. The summed E-state index contributed by atoms with van der Waals surface area (Å²) in [5.74, 6) is 0.366. The van der Waals surface area contributed by atoms with Crippen molar-refractivity contribution < 1.29 is 32.9 Å². The summed E-state index contributed by atoms with van der Waals surface area (Å²) in [6.07, 6.45) is 0. The van der Waals surface area contributed by atoms with Gasteiger partial charge in [-0.1, -0.05) is 12.1 Å². The Morgan fingerprint density at radius 1 is 0.778 bits per heavy atom. The van der Waals surface area contributed by atoms with Crippen LogP contribution in [-0.2, 0) is 0 Å². The molecule has 186 valence electrons. The topological polar surface area (TPSA) is 93.4 Å². The summed E-state index contributed by atoms with van der Waals surface area (Å²) in [6, 6.07) is 13.5. The third kappa shape index (κ3) is 4.33. The van der Waals surface area contributed by atoms with Gasteiger partial charge in [0.15, 0.2) is 17.3 Å². The van der Waals surface area contributed by atoms with Crippen LogP contribution >= 0.6 is 0 Å². The lowest BCUT2D eigenvalue weighted by Gasteiger charge is -2.15. The third-order valence-electron chi connectivity index (χ3n) is 5.75. The average molecular weight is 491 g/mol. The first-order valence-electron chi connectivity index (χ1n) is 11.1. The Hall–Kier alpha value is -4.46. The van der Waals surface area contributed by atoms with Gasteiger partial charge in [0.1, 0.15) is 22.6 Å². The molecule has 0 aliphatic carbocycles. The van der Waals surface area contributed by atoms with Crippen LogP contribution in [0.25, 0.3) is 22.3 Å². The Morgan fingerprint density at radius 2 is 1.42 bits per heavy atom. The molecule has 8 heteroatoms. The van der Waals surface area contributed by atoms with Crippen molar-refractivity contribution in [2.45, 2.75) is 13.8 Å². The molecule has 4 rings (SSSR count). The van der Waals surface area contributed by atoms with Gasteiger partial charge in [-0.2, -0.15) is 0 Å². The number of aryl methyl sites for hydroxylation is 2. The van der Waals surface area contributed by atoms with Crippen LogP contribution in [0.2, 0.25) is 0 Å². The van der Waals surface area contributed by atoms with Gasteiger partial charge in [0.25, 0.3) is 0 Å². The number of carbonyl (C=O) groups excluding carboxylic acids is 1. The molecule has 0 radical (unpaired) electrons. The minimum atomic E-state index is -0.831. The monoisotopic (exact) mass is 490 g/mol. The number of ether oxygens (including phenoxy) is 5. The summed E-state index contributed by atoms with van der Waals surface area (Å²) in [5.41, 5.74) is 2.05. The van der Waals surface area contributed by atoms with Gasteiger partial charge in [-0.25, -0.2) is 4.79 Å². The lowest BCUT2D eigenvalue weighted by Crippen LogP contribution is -2.18. The zero-order valence-corrected chi connectivity index (χ0v) is 20.9. The third-order valence-corrected chi connectivity index (χ3v) is 5.75. The summed E-state index contributed by atoms with van der Waals surface area (Å²) >= 11 is 0. The maximum atomic E-state index is 13.7. The second kappa shape index (κ2) is 10.0. The van der Waals surface area contributed by atoms with E-state index in [0.29, 0.717) is 28.0 Å². The van der Waals surface area contributed by atoms with E-state index in [1.807, 2.05) is 19.9 Å². The van der Waals surface area contributed by atoms with Gasteiger partial charge in [0.05, 0.1) is 33.8 Å². The van der Waals surface area contributed by atoms with Crippen molar-refractivity contribution in [1.82, 2.24) is 0 Å². The van der Waals surface area contributed by atoms with E-state index in [1.165, 1.54) is 28.4 Å². The molecule has 0 saturated heterocycles. The molecule has 0 amide bonds. The van der Waals surface area contributed by atoms with E-state index in [4.69, 9.17) is 28.1 Å². The highest BCUT2D eigenvalue weighted by molar-refractivity contribution is 5.98. The van der Waals surface area contributed by atoms with Crippen LogP contribution in [-0.4, -0.2) is 34.4 Å². The molecule has 4 aromatic rings. The summed E-state index contributed by atoms with van der Waals surface area (Å²) < 4.78 is 33.4. The summed E-state index contributed by atoms with van der Waals surface area (Å²) in [5, 5.41) is 0.298. The molecule has 0 aliphatic heterocycles. The first kappa shape index (κ1) is 24.7. The zero-order valence-electron chi connectivity index (χ0n) is 20.9. The Morgan fingerprint density at radius 3 is 2.03 bits per heavy atom. The van der Waals surface area contributed by atoms with E-state index in [2.05, 4.69) is 0 Å². The van der Waals surface area contributed by atoms with Crippen molar-refractivity contribution >= 4 is 16.9 Å². The van der Waals surface area contributed by atoms with Crippen molar-refractivity contribution in [3.63, 3.8) is 0 Å². The number of esters is 1. The average Bonchev–Trinajstić information content (AvgIpc) is 2.89. The van der Waals surface area contributed by atoms with Crippen LogP contribution in [0.1, 0.15) is 21.5 Å². The summed E-state index contributed by atoms with van der Waals surface area (Å²) in [6.45, 7) is 3.72. The second-order valence-electron chi connectivity index (χ2n) is 8.04. The normalized spacial score (nSPS) is 10.7. The summed E-state index contributed by atoms with van der Waals surface area (Å²) in [4.78, 5) is 27.1. The molecule has 0 aliphatic rings. The first-order chi connectivity index (χ1) is 17.3. The first-order valence-corrected chi connectivity index (χ1v) is 11.1. The number of rotatable bonds is 7. The Labute approximate surface area is 207 Å². The molecule has 0 fully saturated rings. The lowest BCUT2D eigenvalue weighted by atomic mass is 10.0. The molecular formula is C28H26O8. The predicted molar refractivity (Wildman–Crippen MR) is 135 cm³/mol. The van der Waals surface area contributed by atoms with E-state index in [1.54, 1.807) is 42.5 Å². The van der Waals surface area contributed by atoms with Crippen LogP contribution in [0.3, 0.4) is 0 Å². The number of benzene rings is 3. The van der Waals surface area contributed by atoms with Gasteiger partial charge in [-0.3, -0.25) is 4.79 Å². The molecule has 3 aromatic carbocycles. The minimum absolute atomic E-state index is 0.0423. The highest BCUT2D eigenvalue weighted by atomic mass is 16.6. The second-order valence-corrected chi connectivity index (χ2v) is 8.04. The quantitative estimate of drug-likeness (QED) is 0.321. The molecular weight excluding hydrogens is 464 g/mol. The maximum absolute atomic E-state index is 13.7. The fourth-order valence-electron chi connectivity index (χ4n) is 4.09. The molecule has 0 unspecified atom stereocenters. The smallest absolute Gasteiger partial charge is 0.351 e. The molecule has 0 atom stereocenters. The van der Waals surface area contributed by atoms with Crippen molar-refractivity contribution in [2.75, 3.05) is 28.4 Å². The van der Waals surface area contributed by atoms with Gasteiger partial charge in [-0.15, -0.1) is 0 Å². The van der Waals surface area contributed by atoms with Gasteiger partial charge >= 0.3 is 5.97 Å². The van der Waals surface area contributed by atoms with Gasteiger partial charge in [0.2, 0.25) is 11.2 Å². The van der Waals surface area contributed by atoms with Crippen LogP contribution in [0.4, 0.5) is 0 Å². The molecule has 36 heavy (non-hydrogen) atoms. The Bertz CT molecular complexity index is 1490. The molecule has 1 heterocycles. The molecule has 0 bridgehead atoms. The highest BCUT2D eigenvalue weighted by Gasteiger charge is 2.26. The largest absolute Gasteiger partial charge is 0.496 e. The highest BCUT2D eigenvalue weighted by Crippen LogP contribution is 2.38. The van der Waals surface area contributed by atoms with E-state index in [0.717, 1.165) is 11.1 Å². The van der Waals surface area contributed by atoms with Crippen LogP contribution in [0.5, 0.6) is 28.7 Å². The van der Waals surface area contributed by atoms with Crippen molar-refractivity contribution in [3.8, 4) is 40.1 Å². The van der Waals surface area contributed by atoms with Gasteiger partial charge < -0.3 is 28.1 Å². The summed E-state index contributed by atoms with van der Waals surface area (Å²) in [7, 11) is 5.88. The molecule has 0 spiro atoms. The fraction of sp³-hybridized carbons (Fsp3) is 0.214. The van der Waals surface area contributed by atoms with E-state index in [9.17, 15) is 9.59 Å². The maximum Gasteiger partial charge on any atom is 0.351 e. The Balaban J connectivity index is 1.98. The number of hydrogen-bond donors (Lipinski definition) is 0. The van der Waals surface area contributed by atoms with Crippen LogP contribution in [0, 0.1) is 13.8 Å². The van der Waals surface area contributed by atoms with Crippen LogP contribution in [0.15, 0.2) is 57.7 Å². The van der Waals surface area contributed by atoms with Gasteiger partial charge in [0, 0.05) is 5.56 Å². The fourth-order valence-corrected chi connectivity index (χ4v) is 4.09. The molecule has 0 N–H and O–H groups in total. The number of hydrogen-bond acceptors (Lipinski definition) is 8. The van der Waals surface area contributed by atoms with Crippen molar-refractivity contribution in [3.05, 3.63) is 75.4 Å². The van der Waals surface area contributed by atoms with E-state index in [-0.39, 0.29) is 28.6 Å². The standard InChI is InChI=1S/C28H26O8/c1-15-12-16(2)25-18(13-15)24(29)27(26(35-25)17-10-11-19(31-3)22(14-17)34-6)36-28(30)23-20(32-4)8-7-9-21(23)33-5/h7-14H,1-6H3. The van der Waals surface area contributed by atoms with Crippen molar-refractivity contribution in [1.29, 1.82) is 0 Å². The number of fused-ring (bicyclic) bond motifs is 1. The number of methoxy groups -OCH3 is 4. The van der Waals surface area contributed by atoms with Crippen LogP contribution < -0.4 is 29.1 Å². The number of carbonyl (C=O) groups is 1. The predicted octanol–water partition coefficient (Wildman–Crippen LogP) is 5.33. The minimum Gasteiger partial charge on any atom is -0.496 e. The van der Waals surface area contributed by atoms with Gasteiger partial charge in [-0.05, 0) is 61.4 Å².